The monoisotopic (exact) mass is 286 g/mol. The third-order valence-corrected chi connectivity index (χ3v) is 4.09. The number of fused-ring (bicyclic) bond motifs is 1. The number of carbonyl (C=O) groups excluding carboxylic acids is 1. The number of ketones is 1. The van der Waals surface area contributed by atoms with E-state index < -0.39 is 0 Å². The molecular formula is C17H18O4. The van der Waals surface area contributed by atoms with E-state index in [1.165, 1.54) is 6.07 Å². The highest BCUT2D eigenvalue weighted by molar-refractivity contribution is 5.86. The molecule has 1 aliphatic carbocycles. The lowest BCUT2D eigenvalue weighted by Gasteiger charge is -2.23. The normalized spacial score (nSPS) is 19.0. The molecule has 0 bridgehead atoms. The van der Waals surface area contributed by atoms with Gasteiger partial charge in [-0.3, -0.25) is 4.79 Å². The first-order chi connectivity index (χ1) is 10.1. The Kier molecular flexibility index (Phi) is 3.53. The van der Waals surface area contributed by atoms with Gasteiger partial charge in [-0.2, -0.15) is 0 Å². The number of carbonyl (C=O) groups is 1. The predicted molar refractivity (Wildman–Crippen MR) is 79.8 cm³/mol. The van der Waals surface area contributed by atoms with Gasteiger partial charge >= 0.3 is 5.63 Å². The minimum atomic E-state index is -0.369. The molecule has 0 radical (unpaired) electrons. The molecule has 0 unspecified atom stereocenters. The van der Waals surface area contributed by atoms with E-state index in [9.17, 15) is 9.59 Å². The van der Waals surface area contributed by atoms with E-state index in [1.54, 1.807) is 0 Å². The molecule has 2 aromatic rings. The molecule has 1 saturated carbocycles. The highest BCUT2D eigenvalue weighted by Gasteiger charge is 2.24. The van der Waals surface area contributed by atoms with Gasteiger partial charge in [-0.25, -0.2) is 4.79 Å². The fourth-order valence-electron chi connectivity index (χ4n) is 2.86. The second-order valence-corrected chi connectivity index (χ2v) is 5.63. The van der Waals surface area contributed by atoms with Crippen LogP contribution in [0.5, 0.6) is 5.75 Å². The standard InChI is InChI=1S/C17H18O4/c1-10-9-16(19)21-17-11(2)14(8-7-12(10)17)20-15-6-4-3-5-13(15)18/h7-9,15H,3-6H2,1-2H3/t15-/m0/s1. The quantitative estimate of drug-likeness (QED) is 0.795. The van der Waals surface area contributed by atoms with Gasteiger partial charge in [0.05, 0.1) is 0 Å². The summed E-state index contributed by atoms with van der Waals surface area (Å²) in [7, 11) is 0. The van der Waals surface area contributed by atoms with Crippen molar-refractivity contribution in [2.45, 2.75) is 45.6 Å². The van der Waals surface area contributed by atoms with Gasteiger partial charge in [0.25, 0.3) is 0 Å². The summed E-state index contributed by atoms with van der Waals surface area (Å²) in [4.78, 5) is 23.4. The van der Waals surface area contributed by atoms with Crippen LogP contribution in [0.4, 0.5) is 0 Å². The maximum absolute atomic E-state index is 11.9. The minimum absolute atomic E-state index is 0.159. The van der Waals surface area contributed by atoms with Crippen molar-refractivity contribution in [1.82, 2.24) is 0 Å². The van der Waals surface area contributed by atoms with Crippen LogP contribution in [-0.2, 0) is 4.79 Å². The number of ether oxygens (including phenoxy) is 1. The molecule has 1 aromatic carbocycles. The van der Waals surface area contributed by atoms with Crippen molar-refractivity contribution in [1.29, 1.82) is 0 Å². The van der Waals surface area contributed by atoms with Crippen LogP contribution in [0.15, 0.2) is 27.4 Å². The summed E-state index contributed by atoms with van der Waals surface area (Å²) >= 11 is 0. The van der Waals surface area contributed by atoms with Gasteiger partial charge in [0.15, 0.2) is 11.9 Å². The van der Waals surface area contributed by atoms with E-state index in [0.29, 0.717) is 17.8 Å². The van der Waals surface area contributed by atoms with Crippen molar-refractivity contribution < 1.29 is 13.9 Å². The summed E-state index contributed by atoms with van der Waals surface area (Å²) in [5.74, 6) is 0.781. The number of hydrogen-bond donors (Lipinski definition) is 0. The number of aryl methyl sites for hydroxylation is 2. The molecule has 4 nitrogen and oxygen atoms in total. The molecule has 21 heavy (non-hydrogen) atoms. The second-order valence-electron chi connectivity index (χ2n) is 5.63. The smallest absolute Gasteiger partial charge is 0.336 e. The van der Waals surface area contributed by atoms with Crippen LogP contribution in [-0.4, -0.2) is 11.9 Å². The Balaban J connectivity index is 2.02. The number of hydrogen-bond acceptors (Lipinski definition) is 4. The lowest BCUT2D eigenvalue weighted by Crippen LogP contribution is -2.30. The van der Waals surface area contributed by atoms with Crippen molar-refractivity contribution >= 4 is 16.8 Å². The van der Waals surface area contributed by atoms with E-state index in [0.717, 1.165) is 35.8 Å². The largest absolute Gasteiger partial charge is 0.482 e. The molecule has 0 amide bonds. The molecule has 4 heteroatoms. The van der Waals surface area contributed by atoms with Crippen LogP contribution in [0.2, 0.25) is 0 Å². The van der Waals surface area contributed by atoms with Gasteiger partial charge in [0.2, 0.25) is 0 Å². The molecule has 1 atom stereocenters. The third kappa shape index (κ3) is 2.58. The molecule has 0 saturated heterocycles. The van der Waals surface area contributed by atoms with Crippen molar-refractivity contribution in [3.63, 3.8) is 0 Å². The maximum Gasteiger partial charge on any atom is 0.336 e. The molecule has 0 spiro atoms. The third-order valence-electron chi connectivity index (χ3n) is 4.09. The molecule has 1 heterocycles. The Morgan fingerprint density at radius 3 is 2.76 bits per heavy atom. The maximum atomic E-state index is 11.9. The van der Waals surface area contributed by atoms with Gasteiger partial charge in [0.1, 0.15) is 11.3 Å². The molecule has 1 aromatic heterocycles. The first kappa shape index (κ1) is 13.9. The van der Waals surface area contributed by atoms with Crippen LogP contribution in [0, 0.1) is 13.8 Å². The lowest BCUT2D eigenvalue weighted by molar-refractivity contribution is -0.127. The predicted octanol–water partition coefficient (Wildman–Crippen LogP) is 3.30. The molecule has 110 valence electrons. The summed E-state index contributed by atoms with van der Waals surface area (Å²) in [5.41, 5.74) is 1.83. The zero-order valence-electron chi connectivity index (χ0n) is 12.3. The van der Waals surface area contributed by atoms with E-state index in [2.05, 4.69) is 0 Å². The zero-order valence-corrected chi connectivity index (χ0v) is 12.3. The van der Waals surface area contributed by atoms with Gasteiger partial charge in [-0.05, 0) is 50.8 Å². The highest BCUT2D eigenvalue weighted by Crippen LogP contribution is 2.30. The molecular weight excluding hydrogens is 268 g/mol. The molecule has 1 aliphatic rings. The van der Waals surface area contributed by atoms with E-state index in [4.69, 9.17) is 9.15 Å². The first-order valence-corrected chi connectivity index (χ1v) is 7.29. The van der Waals surface area contributed by atoms with Crippen LogP contribution in [0.25, 0.3) is 11.0 Å². The zero-order chi connectivity index (χ0) is 15.0. The van der Waals surface area contributed by atoms with Crippen LogP contribution >= 0.6 is 0 Å². The fraction of sp³-hybridized carbons (Fsp3) is 0.412. The Morgan fingerprint density at radius 2 is 2.00 bits per heavy atom. The fourth-order valence-corrected chi connectivity index (χ4v) is 2.86. The lowest BCUT2D eigenvalue weighted by atomic mass is 9.96. The Labute approximate surface area is 122 Å². The summed E-state index contributed by atoms with van der Waals surface area (Å²) in [6.45, 7) is 3.73. The van der Waals surface area contributed by atoms with Gasteiger partial charge < -0.3 is 9.15 Å². The Hall–Kier alpha value is -2.10. The average molecular weight is 286 g/mol. The van der Waals surface area contributed by atoms with E-state index in [-0.39, 0.29) is 17.5 Å². The van der Waals surface area contributed by atoms with Crippen molar-refractivity contribution in [2.75, 3.05) is 0 Å². The van der Waals surface area contributed by atoms with Gasteiger partial charge in [0, 0.05) is 23.4 Å². The highest BCUT2D eigenvalue weighted by atomic mass is 16.5. The van der Waals surface area contributed by atoms with E-state index >= 15 is 0 Å². The summed E-state index contributed by atoms with van der Waals surface area (Å²) in [5, 5.41) is 0.898. The molecule has 3 rings (SSSR count). The van der Waals surface area contributed by atoms with Crippen LogP contribution in [0.3, 0.4) is 0 Å². The second kappa shape index (κ2) is 5.35. The first-order valence-electron chi connectivity index (χ1n) is 7.29. The van der Waals surface area contributed by atoms with E-state index in [1.807, 2.05) is 26.0 Å². The average Bonchev–Trinajstić information content (AvgIpc) is 2.44. The van der Waals surface area contributed by atoms with Crippen molar-refractivity contribution in [3.8, 4) is 5.75 Å². The summed E-state index contributed by atoms with van der Waals surface area (Å²) < 4.78 is 11.2. The topological polar surface area (TPSA) is 56.5 Å². The van der Waals surface area contributed by atoms with Crippen molar-refractivity contribution in [3.05, 3.63) is 39.7 Å². The SMILES string of the molecule is Cc1cc(=O)oc2c(C)c(O[C@H]3CCCCC3=O)ccc12. The molecule has 0 aliphatic heterocycles. The molecule has 0 N–H and O–H groups in total. The van der Waals surface area contributed by atoms with Crippen LogP contribution < -0.4 is 10.4 Å². The number of Topliss-reactive ketones (excluding diaryl/α,β-unsaturated/α-hetero) is 1. The Bertz CT molecular complexity index is 757. The summed E-state index contributed by atoms with van der Waals surface area (Å²) in [6, 6.07) is 5.21. The van der Waals surface area contributed by atoms with Gasteiger partial charge in [-0.15, -0.1) is 0 Å². The van der Waals surface area contributed by atoms with Gasteiger partial charge in [-0.1, -0.05) is 0 Å². The number of benzene rings is 1. The molecule has 1 fully saturated rings. The van der Waals surface area contributed by atoms with Crippen LogP contribution in [0.1, 0.15) is 36.8 Å². The van der Waals surface area contributed by atoms with Crippen molar-refractivity contribution in [2.24, 2.45) is 0 Å². The number of rotatable bonds is 2. The Morgan fingerprint density at radius 1 is 1.19 bits per heavy atom. The summed E-state index contributed by atoms with van der Waals surface area (Å²) in [6.07, 6.45) is 2.94. The minimum Gasteiger partial charge on any atom is -0.482 e.